The van der Waals surface area contributed by atoms with Gasteiger partial charge in [0.05, 0.1) is 27.9 Å². The molecule has 5 rings (SSSR count). The Bertz CT molecular complexity index is 1640. The highest BCUT2D eigenvalue weighted by molar-refractivity contribution is 7.89. The molecule has 2 amide bonds. The molecule has 0 bridgehead atoms. The van der Waals surface area contributed by atoms with Crippen LogP contribution in [-0.4, -0.2) is 35.9 Å². The van der Waals surface area contributed by atoms with Gasteiger partial charge in [0.1, 0.15) is 0 Å². The van der Waals surface area contributed by atoms with Gasteiger partial charge < -0.3 is 16.4 Å². The van der Waals surface area contributed by atoms with E-state index in [0.717, 1.165) is 35.0 Å². The van der Waals surface area contributed by atoms with Crippen LogP contribution in [0.5, 0.6) is 0 Å². The fraction of sp³-hybridized carbons (Fsp3) is 0.222. The number of aromatic nitrogens is 2. The standard InChI is InChI=1S/C27H28N6O4S/c1-16(18-5-6-18)32-25-23(26(28)34)14-31-33-15-21(12-24(25)33)20-4-2-3-17(11-20)13-30-27(35)19-7-9-22(10-8-19)38(29,36)37/h2-4,7-12,14-16,18,32H,5-6,13H2,1H3,(H2,28,34)(H,30,35)(H2,29,36,37)/t16-/m1/s1. The highest BCUT2D eigenvalue weighted by Crippen LogP contribution is 2.36. The van der Waals surface area contributed by atoms with Crippen molar-refractivity contribution in [1.29, 1.82) is 0 Å². The van der Waals surface area contributed by atoms with Crippen LogP contribution in [0.2, 0.25) is 0 Å². The van der Waals surface area contributed by atoms with Crippen molar-refractivity contribution in [1.82, 2.24) is 14.9 Å². The van der Waals surface area contributed by atoms with Crippen molar-refractivity contribution >= 4 is 33.0 Å². The number of rotatable bonds is 9. The summed E-state index contributed by atoms with van der Waals surface area (Å²) < 4.78 is 24.6. The smallest absolute Gasteiger partial charge is 0.252 e. The van der Waals surface area contributed by atoms with Gasteiger partial charge in [-0.25, -0.2) is 18.1 Å². The van der Waals surface area contributed by atoms with Crippen molar-refractivity contribution in [3.63, 3.8) is 0 Å². The van der Waals surface area contributed by atoms with Crippen LogP contribution in [0.4, 0.5) is 5.69 Å². The van der Waals surface area contributed by atoms with Gasteiger partial charge in [0.2, 0.25) is 10.0 Å². The normalized spacial score (nSPS) is 14.3. The molecule has 1 fully saturated rings. The average Bonchev–Trinajstić information content (AvgIpc) is 3.65. The molecule has 1 aliphatic rings. The van der Waals surface area contributed by atoms with Crippen LogP contribution in [0.15, 0.2) is 71.9 Å². The summed E-state index contributed by atoms with van der Waals surface area (Å²) in [7, 11) is -3.82. The van der Waals surface area contributed by atoms with Crippen LogP contribution < -0.4 is 21.5 Å². The number of amides is 2. The Balaban J connectivity index is 1.36. The summed E-state index contributed by atoms with van der Waals surface area (Å²) in [4.78, 5) is 24.6. The van der Waals surface area contributed by atoms with E-state index in [1.165, 1.54) is 30.5 Å². The molecule has 38 heavy (non-hydrogen) atoms. The number of anilines is 1. The molecule has 196 valence electrons. The molecule has 0 radical (unpaired) electrons. The molecule has 0 saturated heterocycles. The van der Waals surface area contributed by atoms with Crippen molar-refractivity contribution in [3.05, 3.63) is 83.7 Å². The maximum Gasteiger partial charge on any atom is 0.252 e. The molecule has 6 N–H and O–H groups in total. The second kappa shape index (κ2) is 9.92. The third-order valence-corrected chi connectivity index (χ3v) is 7.69. The second-order valence-corrected chi connectivity index (χ2v) is 11.1. The Morgan fingerprint density at radius 2 is 1.84 bits per heavy atom. The number of sulfonamides is 1. The summed E-state index contributed by atoms with van der Waals surface area (Å²) in [6.07, 6.45) is 5.70. The Kier molecular flexibility index (Phi) is 6.64. The zero-order valence-electron chi connectivity index (χ0n) is 20.7. The van der Waals surface area contributed by atoms with Gasteiger partial charge >= 0.3 is 0 Å². The van der Waals surface area contributed by atoms with Gasteiger partial charge in [-0.05, 0) is 73.2 Å². The molecule has 2 aromatic heterocycles. The van der Waals surface area contributed by atoms with E-state index < -0.39 is 15.9 Å². The van der Waals surface area contributed by atoms with E-state index in [1.807, 2.05) is 36.5 Å². The van der Waals surface area contributed by atoms with Crippen molar-refractivity contribution in [2.45, 2.75) is 37.2 Å². The maximum atomic E-state index is 12.6. The fourth-order valence-electron chi connectivity index (χ4n) is 4.44. The first-order chi connectivity index (χ1) is 18.1. The first-order valence-corrected chi connectivity index (χ1v) is 13.7. The Morgan fingerprint density at radius 3 is 2.50 bits per heavy atom. The number of hydrogen-bond acceptors (Lipinski definition) is 6. The summed E-state index contributed by atoms with van der Waals surface area (Å²) in [6.45, 7) is 2.38. The van der Waals surface area contributed by atoms with Crippen LogP contribution >= 0.6 is 0 Å². The Hall–Kier alpha value is -4.22. The monoisotopic (exact) mass is 532 g/mol. The Labute approximate surface area is 220 Å². The van der Waals surface area contributed by atoms with Crippen LogP contribution in [-0.2, 0) is 16.6 Å². The van der Waals surface area contributed by atoms with Crippen LogP contribution in [0.1, 0.15) is 46.0 Å². The van der Waals surface area contributed by atoms with Gasteiger partial charge in [-0.2, -0.15) is 5.10 Å². The summed E-state index contributed by atoms with van der Waals surface area (Å²) >= 11 is 0. The van der Waals surface area contributed by atoms with Gasteiger partial charge in [0.25, 0.3) is 11.8 Å². The molecule has 0 unspecified atom stereocenters. The summed E-state index contributed by atoms with van der Waals surface area (Å²) in [5.41, 5.74) is 10.4. The van der Waals surface area contributed by atoms with Crippen molar-refractivity contribution in [2.75, 3.05) is 5.32 Å². The number of nitrogens with one attached hydrogen (secondary N) is 2. The SMILES string of the molecule is C[C@@H](Nc1c(C(N)=O)cnn2cc(-c3cccc(CNC(=O)c4ccc(S(N)(=O)=O)cc4)c3)cc12)C1CC1. The molecule has 4 aromatic rings. The molecule has 1 aliphatic carbocycles. The van der Waals surface area contributed by atoms with E-state index in [9.17, 15) is 18.0 Å². The molecular formula is C27H28N6O4S. The number of nitrogens with zero attached hydrogens (tertiary/aromatic N) is 2. The zero-order valence-corrected chi connectivity index (χ0v) is 21.5. The minimum atomic E-state index is -3.82. The van der Waals surface area contributed by atoms with Gasteiger partial charge in [-0.3, -0.25) is 9.59 Å². The lowest BCUT2D eigenvalue weighted by Crippen LogP contribution is -2.23. The number of fused-ring (bicyclic) bond motifs is 1. The average molecular weight is 533 g/mol. The molecule has 11 heteroatoms. The molecule has 2 heterocycles. The predicted molar refractivity (Wildman–Crippen MR) is 144 cm³/mol. The van der Waals surface area contributed by atoms with E-state index >= 15 is 0 Å². The molecule has 1 saturated carbocycles. The van der Waals surface area contributed by atoms with Gasteiger partial charge in [-0.15, -0.1) is 0 Å². The van der Waals surface area contributed by atoms with E-state index in [4.69, 9.17) is 10.9 Å². The highest BCUT2D eigenvalue weighted by atomic mass is 32.2. The third kappa shape index (κ3) is 5.38. The first-order valence-electron chi connectivity index (χ1n) is 12.2. The van der Waals surface area contributed by atoms with Crippen LogP contribution in [0.25, 0.3) is 16.6 Å². The lowest BCUT2D eigenvalue weighted by Gasteiger charge is -2.17. The number of nitrogens with two attached hydrogens (primary N) is 2. The second-order valence-electron chi connectivity index (χ2n) is 9.58. The number of primary sulfonamides is 1. The highest BCUT2D eigenvalue weighted by Gasteiger charge is 2.29. The molecule has 0 spiro atoms. The predicted octanol–water partition coefficient (Wildman–Crippen LogP) is 2.89. The number of carbonyl (C=O) groups is 2. The van der Waals surface area contributed by atoms with Crippen LogP contribution in [0.3, 0.4) is 0 Å². The van der Waals surface area contributed by atoms with E-state index in [0.29, 0.717) is 22.7 Å². The summed E-state index contributed by atoms with van der Waals surface area (Å²) in [6, 6.07) is 15.3. The van der Waals surface area contributed by atoms with E-state index in [-0.39, 0.29) is 23.4 Å². The number of carbonyl (C=O) groups excluding carboxylic acids is 2. The number of hydrogen-bond donors (Lipinski definition) is 4. The van der Waals surface area contributed by atoms with E-state index in [1.54, 1.807) is 4.52 Å². The first kappa shape index (κ1) is 25.4. The van der Waals surface area contributed by atoms with Crippen molar-refractivity contribution in [2.24, 2.45) is 16.8 Å². The molecule has 2 aromatic carbocycles. The Morgan fingerprint density at radius 1 is 1.11 bits per heavy atom. The lowest BCUT2D eigenvalue weighted by atomic mass is 10.0. The topological polar surface area (TPSA) is 162 Å². The molecular weight excluding hydrogens is 504 g/mol. The third-order valence-electron chi connectivity index (χ3n) is 6.76. The van der Waals surface area contributed by atoms with Gasteiger partial charge in [0, 0.05) is 29.9 Å². The molecule has 0 aliphatic heterocycles. The minimum Gasteiger partial charge on any atom is -0.380 e. The quantitative estimate of drug-likeness (QED) is 0.259. The maximum absolute atomic E-state index is 12.6. The summed E-state index contributed by atoms with van der Waals surface area (Å²) in [5, 5.41) is 15.8. The minimum absolute atomic E-state index is 0.0560. The van der Waals surface area contributed by atoms with Gasteiger partial charge in [-0.1, -0.05) is 18.2 Å². The van der Waals surface area contributed by atoms with Crippen LogP contribution in [0, 0.1) is 5.92 Å². The lowest BCUT2D eigenvalue weighted by molar-refractivity contribution is 0.0949. The van der Waals surface area contributed by atoms with Gasteiger partial charge in [0.15, 0.2) is 0 Å². The molecule has 10 nitrogen and oxygen atoms in total. The molecule has 1 atom stereocenters. The number of benzene rings is 2. The number of primary amides is 1. The van der Waals surface area contributed by atoms with Crippen molar-refractivity contribution in [3.8, 4) is 11.1 Å². The van der Waals surface area contributed by atoms with E-state index in [2.05, 4.69) is 22.7 Å². The van der Waals surface area contributed by atoms with Crippen molar-refractivity contribution < 1.29 is 18.0 Å². The zero-order chi connectivity index (χ0) is 27.0. The largest absolute Gasteiger partial charge is 0.380 e. The fourth-order valence-corrected chi connectivity index (χ4v) is 4.95. The summed E-state index contributed by atoms with van der Waals surface area (Å²) in [5.74, 6) is -0.295.